The molecule has 3 rings (SSSR count). The Morgan fingerprint density at radius 2 is 1.97 bits per heavy atom. The maximum Gasteiger partial charge on any atom is 0.191 e. The van der Waals surface area contributed by atoms with Crippen molar-refractivity contribution in [3.8, 4) is 5.75 Å². The van der Waals surface area contributed by atoms with Crippen LogP contribution < -0.4 is 20.3 Å². The highest BCUT2D eigenvalue weighted by Crippen LogP contribution is 2.22. The van der Waals surface area contributed by atoms with Gasteiger partial charge in [0.2, 0.25) is 0 Å². The number of nitrogens with one attached hydrogen (secondary N) is 2. The number of hydrogen-bond donors (Lipinski definition) is 2. The van der Waals surface area contributed by atoms with Crippen LogP contribution in [0.25, 0.3) is 0 Å². The number of likely N-dealkylation sites (N-methyl/N-ethyl adjacent to an activating group) is 1. The Balaban J connectivity index is 1.44. The predicted octanol–water partition coefficient (Wildman–Crippen LogP) is 2.40. The van der Waals surface area contributed by atoms with Crippen LogP contribution in [0.2, 0.25) is 5.02 Å². The number of benzene rings is 1. The van der Waals surface area contributed by atoms with Gasteiger partial charge in [-0.2, -0.15) is 0 Å². The average Bonchev–Trinajstić information content (AvgIpc) is 2.78. The van der Waals surface area contributed by atoms with E-state index in [1.807, 2.05) is 24.4 Å². The zero-order valence-corrected chi connectivity index (χ0v) is 18.7. The number of methoxy groups -OCH3 is 1. The minimum absolute atomic E-state index is 0.666. The first-order valence-corrected chi connectivity index (χ1v) is 10.6. The van der Waals surface area contributed by atoms with Crippen LogP contribution in [0.3, 0.4) is 0 Å². The lowest BCUT2D eigenvalue weighted by Gasteiger charge is -2.33. The summed E-state index contributed by atoms with van der Waals surface area (Å²) in [5.41, 5.74) is 2.19. The Kier molecular flexibility index (Phi) is 8.16. The summed E-state index contributed by atoms with van der Waals surface area (Å²) < 4.78 is 5.19. The summed E-state index contributed by atoms with van der Waals surface area (Å²) in [7, 11) is 5.56. The smallest absolute Gasteiger partial charge is 0.191 e. The molecule has 2 N–H and O–H groups in total. The van der Waals surface area contributed by atoms with Crippen LogP contribution in [0, 0.1) is 0 Å². The fourth-order valence-corrected chi connectivity index (χ4v) is 3.59. The molecule has 2 aromatic rings. The lowest BCUT2D eigenvalue weighted by Crippen LogP contribution is -2.44. The number of aromatic nitrogens is 1. The molecule has 0 unspecified atom stereocenters. The van der Waals surface area contributed by atoms with Gasteiger partial charge in [-0.1, -0.05) is 23.7 Å². The van der Waals surface area contributed by atoms with Crippen LogP contribution in [0.15, 0.2) is 41.5 Å². The molecule has 1 aliphatic heterocycles. The third kappa shape index (κ3) is 6.24. The number of nitrogens with zero attached hydrogens (tertiary/aromatic N) is 4. The second-order valence-corrected chi connectivity index (χ2v) is 7.78. The highest BCUT2D eigenvalue weighted by Gasteiger charge is 2.14. The lowest BCUT2D eigenvalue weighted by molar-refractivity contribution is 0.312. The van der Waals surface area contributed by atoms with Crippen molar-refractivity contribution in [2.45, 2.75) is 13.0 Å². The van der Waals surface area contributed by atoms with Gasteiger partial charge in [-0.15, -0.1) is 0 Å². The second-order valence-electron chi connectivity index (χ2n) is 7.37. The van der Waals surface area contributed by atoms with Gasteiger partial charge in [-0.3, -0.25) is 4.99 Å². The number of guanidine groups is 1. The van der Waals surface area contributed by atoms with E-state index in [1.54, 1.807) is 14.2 Å². The molecule has 1 fully saturated rings. The van der Waals surface area contributed by atoms with E-state index in [-0.39, 0.29) is 0 Å². The van der Waals surface area contributed by atoms with Crippen LogP contribution in [-0.4, -0.2) is 69.8 Å². The molecular weight excluding hydrogens is 400 g/mol. The largest absolute Gasteiger partial charge is 0.497 e. The van der Waals surface area contributed by atoms with Gasteiger partial charge >= 0.3 is 0 Å². The molecule has 162 valence electrons. The van der Waals surface area contributed by atoms with Crippen molar-refractivity contribution in [3.63, 3.8) is 0 Å². The standard InChI is InChI=1S/C22H31ClN6O/c1-24-22(25-9-8-18-5-6-19(30-3)14-20(18)23)27-16-17-4-7-21(26-15-17)29-12-10-28(2)11-13-29/h4-7,14-15H,8-13,16H2,1-3H3,(H2,24,25,27). The Bertz CT molecular complexity index is 834. The van der Waals surface area contributed by atoms with Gasteiger partial charge in [0.1, 0.15) is 11.6 Å². The Hall–Kier alpha value is -2.51. The lowest BCUT2D eigenvalue weighted by atomic mass is 10.1. The Morgan fingerprint density at radius 1 is 1.17 bits per heavy atom. The quantitative estimate of drug-likeness (QED) is 0.519. The summed E-state index contributed by atoms with van der Waals surface area (Å²) in [6.07, 6.45) is 2.73. The second kappa shape index (κ2) is 11.0. The van der Waals surface area contributed by atoms with Crippen LogP contribution in [0.4, 0.5) is 5.82 Å². The van der Waals surface area contributed by atoms with Gasteiger partial charge in [0, 0.05) is 57.5 Å². The molecule has 0 saturated carbocycles. The maximum atomic E-state index is 6.31. The number of halogens is 1. The van der Waals surface area contributed by atoms with E-state index >= 15 is 0 Å². The molecule has 0 amide bonds. The molecule has 8 heteroatoms. The van der Waals surface area contributed by atoms with E-state index in [1.165, 1.54) is 0 Å². The molecule has 0 aliphatic carbocycles. The predicted molar refractivity (Wildman–Crippen MR) is 124 cm³/mol. The Labute approximate surface area is 184 Å². The molecule has 2 heterocycles. The van der Waals surface area contributed by atoms with Crippen LogP contribution in [-0.2, 0) is 13.0 Å². The zero-order chi connectivity index (χ0) is 21.3. The highest BCUT2D eigenvalue weighted by molar-refractivity contribution is 6.31. The fourth-order valence-electron chi connectivity index (χ4n) is 3.32. The molecule has 1 aliphatic rings. The summed E-state index contributed by atoms with van der Waals surface area (Å²) in [6.45, 7) is 5.60. The van der Waals surface area contributed by atoms with Crippen LogP contribution >= 0.6 is 11.6 Å². The molecule has 7 nitrogen and oxygen atoms in total. The molecule has 30 heavy (non-hydrogen) atoms. The van der Waals surface area contributed by atoms with Gasteiger partial charge in [0.15, 0.2) is 5.96 Å². The summed E-state index contributed by atoms with van der Waals surface area (Å²) in [4.78, 5) is 13.6. The first kappa shape index (κ1) is 22.2. The third-order valence-corrected chi connectivity index (χ3v) is 5.62. The van der Waals surface area contributed by atoms with E-state index in [0.29, 0.717) is 11.6 Å². The van der Waals surface area contributed by atoms with Crippen molar-refractivity contribution in [1.82, 2.24) is 20.5 Å². The van der Waals surface area contributed by atoms with Gasteiger partial charge in [0.25, 0.3) is 0 Å². The minimum Gasteiger partial charge on any atom is -0.497 e. The van der Waals surface area contributed by atoms with E-state index < -0.39 is 0 Å². The summed E-state index contributed by atoms with van der Waals surface area (Å²) in [5, 5.41) is 7.38. The number of rotatable bonds is 7. The van der Waals surface area contributed by atoms with E-state index in [4.69, 9.17) is 16.3 Å². The summed E-state index contributed by atoms with van der Waals surface area (Å²) >= 11 is 6.31. The summed E-state index contributed by atoms with van der Waals surface area (Å²) in [5.74, 6) is 2.56. The molecule has 0 atom stereocenters. The molecule has 0 bridgehead atoms. The monoisotopic (exact) mass is 430 g/mol. The van der Waals surface area contributed by atoms with E-state index in [2.05, 4.69) is 49.6 Å². The fraction of sp³-hybridized carbons (Fsp3) is 0.455. The van der Waals surface area contributed by atoms with Crippen molar-refractivity contribution in [3.05, 3.63) is 52.7 Å². The number of ether oxygens (including phenoxy) is 1. The van der Waals surface area contributed by atoms with Gasteiger partial charge in [-0.25, -0.2) is 4.98 Å². The molecule has 0 spiro atoms. The third-order valence-electron chi connectivity index (χ3n) is 5.27. The van der Waals surface area contributed by atoms with Crippen molar-refractivity contribution in [2.75, 3.05) is 58.8 Å². The van der Waals surface area contributed by atoms with Crippen molar-refractivity contribution in [1.29, 1.82) is 0 Å². The number of anilines is 1. The topological polar surface area (TPSA) is 65.0 Å². The number of piperazine rings is 1. The highest BCUT2D eigenvalue weighted by atomic mass is 35.5. The molecular formula is C22H31ClN6O. The molecule has 0 radical (unpaired) electrons. The van der Waals surface area contributed by atoms with Gasteiger partial charge in [0.05, 0.1) is 7.11 Å². The normalized spacial score (nSPS) is 15.2. The van der Waals surface area contributed by atoms with Crippen LogP contribution in [0.5, 0.6) is 5.75 Å². The van der Waals surface area contributed by atoms with Crippen molar-refractivity contribution >= 4 is 23.4 Å². The first-order chi connectivity index (χ1) is 14.6. The molecule has 1 aromatic heterocycles. The van der Waals surface area contributed by atoms with E-state index in [0.717, 1.165) is 67.8 Å². The molecule has 1 aromatic carbocycles. The van der Waals surface area contributed by atoms with Crippen LogP contribution in [0.1, 0.15) is 11.1 Å². The summed E-state index contributed by atoms with van der Waals surface area (Å²) in [6, 6.07) is 9.98. The van der Waals surface area contributed by atoms with Crippen molar-refractivity contribution < 1.29 is 4.74 Å². The zero-order valence-electron chi connectivity index (χ0n) is 18.0. The van der Waals surface area contributed by atoms with Gasteiger partial charge < -0.3 is 25.2 Å². The first-order valence-electron chi connectivity index (χ1n) is 10.2. The average molecular weight is 431 g/mol. The van der Waals surface area contributed by atoms with Crippen molar-refractivity contribution in [2.24, 2.45) is 4.99 Å². The number of aliphatic imine (C=N–C) groups is 1. The van der Waals surface area contributed by atoms with Gasteiger partial charge in [-0.05, 0) is 42.8 Å². The number of hydrogen-bond acceptors (Lipinski definition) is 5. The Morgan fingerprint density at radius 3 is 2.60 bits per heavy atom. The SMILES string of the molecule is CN=C(NCCc1ccc(OC)cc1Cl)NCc1ccc(N2CCN(C)CC2)nc1. The maximum absolute atomic E-state index is 6.31. The number of pyridine rings is 1. The van der Waals surface area contributed by atoms with E-state index in [9.17, 15) is 0 Å². The molecule has 1 saturated heterocycles. The minimum atomic E-state index is 0.666.